The van der Waals surface area contributed by atoms with Gasteiger partial charge >= 0.3 is 5.97 Å². The lowest BCUT2D eigenvalue weighted by atomic mass is 10.1. The summed E-state index contributed by atoms with van der Waals surface area (Å²) in [5.41, 5.74) is 2.32. The zero-order valence-corrected chi connectivity index (χ0v) is 15.9. The predicted octanol–water partition coefficient (Wildman–Crippen LogP) is 5.27. The van der Waals surface area contributed by atoms with Crippen LogP contribution in [0, 0.1) is 0 Å². The second-order valence-corrected chi connectivity index (χ2v) is 6.52. The summed E-state index contributed by atoms with van der Waals surface area (Å²) in [5, 5.41) is 6.37. The second kappa shape index (κ2) is 9.06. The summed E-state index contributed by atoms with van der Waals surface area (Å²) in [6, 6.07) is 23.2. The van der Waals surface area contributed by atoms with Crippen LogP contribution >= 0.6 is 11.6 Å². The largest absolute Gasteiger partial charge is 0.449 e. The van der Waals surface area contributed by atoms with E-state index in [2.05, 4.69) is 10.6 Å². The van der Waals surface area contributed by atoms with Crippen molar-refractivity contribution < 1.29 is 14.3 Å². The van der Waals surface area contributed by atoms with Gasteiger partial charge in [-0.3, -0.25) is 4.79 Å². The molecule has 3 rings (SSSR count). The van der Waals surface area contributed by atoms with E-state index in [1.807, 2.05) is 36.4 Å². The van der Waals surface area contributed by atoms with E-state index in [9.17, 15) is 9.59 Å². The molecule has 0 bridgehead atoms. The normalized spacial score (nSPS) is 11.4. The summed E-state index contributed by atoms with van der Waals surface area (Å²) in [6.45, 7) is 1.52. The molecule has 142 valence electrons. The number of benzene rings is 3. The lowest BCUT2D eigenvalue weighted by Crippen LogP contribution is -2.30. The van der Waals surface area contributed by atoms with Gasteiger partial charge in [-0.1, -0.05) is 48.0 Å². The number of carbonyl (C=O) groups is 2. The van der Waals surface area contributed by atoms with Crippen molar-refractivity contribution in [3.05, 3.63) is 89.4 Å². The SMILES string of the molecule is C[C@H](OC(=O)c1ccccc1Nc1ccccc1)C(=O)Nc1cccc(Cl)c1. The van der Waals surface area contributed by atoms with Gasteiger partial charge in [0.1, 0.15) is 0 Å². The fourth-order valence-corrected chi connectivity index (χ4v) is 2.73. The Bertz CT molecular complexity index is 976. The zero-order valence-electron chi connectivity index (χ0n) is 15.2. The Balaban J connectivity index is 1.68. The topological polar surface area (TPSA) is 67.4 Å². The van der Waals surface area contributed by atoms with Gasteiger partial charge in [0.15, 0.2) is 6.10 Å². The smallest absolute Gasteiger partial charge is 0.341 e. The van der Waals surface area contributed by atoms with Gasteiger partial charge in [-0.25, -0.2) is 4.79 Å². The van der Waals surface area contributed by atoms with Crippen LogP contribution in [0.2, 0.25) is 5.02 Å². The number of amides is 1. The molecule has 0 fully saturated rings. The number of rotatable bonds is 6. The standard InChI is InChI=1S/C22H19ClN2O3/c1-15(21(26)25-18-11-7-8-16(23)14-18)28-22(27)19-12-5-6-13-20(19)24-17-9-3-2-4-10-17/h2-15,24H,1H3,(H,25,26)/t15-/m0/s1. The highest BCUT2D eigenvalue weighted by atomic mass is 35.5. The number of hydrogen-bond acceptors (Lipinski definition) is 4. The molecule has 3 aromatic rings. The fraction of sp³-hybridized carbons (Fsp3) is 0.0909. The fourth-order valence-electron chi connectivity index (χ4n) is 2.53. The molecule has 0 aliphatic rings. The molecule has 28 heavy (non-hydrogen) atoms. The Morgan fingerprint density at radius 1 is 0.893 bits per heavy atom. The molecule has 0 radical (unpaired) electrons. The van der Waals surface area contributed by atoms with E-state index in [1.165, 1.54) is 6.92 Å². The molecule has 0 aliphatic carbocycles. The number of ether oxygens (including phenoxy) is 1. The van der Waals surface area contributed by atoms with Crippen molar-refractivity contribution in [2.75, 3.05) is 10.6 Å². The van der Waals surface area contributed by atoms with Crippen molar-refractivity contribution in [3.8, 4) is 0 Å². The predicted molar refractivity (Wildman–Crippen MR) is 111 cm³/mol. The molecule has 2 N–H and O–H groups in total. The van der Waals surface area contributed by atoms with Gasteiger partial charge in [-0.05, 0) is 49.4 Å². The highest BCUT2D eigenvalue weighted by molar-refractivity contribution is 6.30. The highest BCUT2D eigenvalue weighted by Crippen LogP contribution is 2.22. The number of halogens is 1. The Hall–Kier alpha value is -3.31. The highest BCUT2D eigenvalue weighted by Gasteiger charge is 2.21. The molecular formula is C22H19ClN2O3. The maximum absolute atomic E-state index is 12.6. The zero-order chi connectivity index (χ0) is 19.9. The minimum absolute atomic E-state index is 0.341. The summed E-state index contributed by atoms with van der Waals surface area (Å²) in [7, 11) is 0. The number of nitrogens with one attached hydrogen (secondary N) is 2. The third kappa shape index (κ3) is 5.11. The van der Waals surface area contributed by atoms with Crippen LogP contribution < -0.4 is 10.6 Å². The molecule has 1 atom stereocenters. The quantitative estimate of drug-likeness (QED) is 0.559. The first-order valence-electron chi connectivity index (χ1n) is 8.71. The number of carbonyl (C=O) groups excluding carboxylic acids is 2. The lowest BCUT2D eigenvalue weighted by Gasteiger charge is -2.16. The average molecular weight is 395 g/mol. The van der Waals surface area contributed by atoms with Crippen LogP contribution in [0.1, 0.15) is 17.3 Å². The molecule has 0 spiro atoms. The number of anilines is 3. The van der Waals surface area contributed by atoms with Crippen LogP contribution in [0.15, 0.2) is 78.9 Å². The first-order chi connectivity index (χ1) is 13.5. The molecule has 3 aromatic carbocycles. The van der Waals surface area contributed by atoms with Crippen molar-refractivity contribution >= 4 is 40.5 Å². The van der Waals surface area contributed by atoms with Gasteiger partial charge in [0, 0.05) is 16.4 Å². The van der Waals surface area contributed by atoms with Crippen molar-refractivity contribution in [3.63, 3.8) is 0 Å². The van der Waals surface area contributed by atoms with Gasteiger partial charge in [0.05, 0.1) is 11.3 Å². The van der Waals surface area contributed by atoms with Crippen LogP contribution in [-0.2, 0) is 9.53 Å². The minimum atomic E-state index is -0.976. The molecule has 6 heteroatoms. The third-order valence-corrected chi connectivity index (χ3v) is 4.18. The van der Waals surface area contributed by atoms with Gasteiger partial charge in [0.25, 0.3) is 5.91 Å². The van der Waals surface area contributed by atoms with Gasteiger partial charge in [0.2, 0.25) is 0 Å². The maximum Gasteiger partial charge on any atom is 0.341 e. The van der Waals surface area contributed by atoms with Crippen LogP contribution in [0.5, 0.6) is 0 Å². The summed E-state index contributed by atoms with van der Waals surface area (Å²) in [5.74, 6) is -1.03. The molecule has 0 unspecified atom stereocenters. The van der Waals surface area contributed by atoms with Gasteiger partial charge in [-0.15, -0.1) is 0 Å². The number of hydrogen-bond donors (Lipinski definition) is 2. The van der Waals surface area contributed by atoms with Gasteiger partial charge < -0.3 is 15.4 Å². The number of esters is 1. The monoisotopic (exact) mass is 394 g/mol. The van der Waals surface area contributed by atoms with Crippen LogP contribution in [0.3, 0.4) is 0 Å². The second-order valence-electron chi connectivity index (χ2n) is 6.08. The Morgan fingerprint density at radius 2 is 1.57 bits per heavy atom. The van der Waals surface area contributed by atoms with Crippen molar-refractivity contribution in [1.29, 1.82) is 0 Å². The summed E-state index contributed by atoms with van der Waals surface area (Å²) in [4.78, 5) is 24.9. The lowest BCUT2D eigenvalue weighted by molar-refractivity contribution is -0.123. The number of para-hydroxylation sites is 2. The summed E-state index contributed by atoms with van der Waals surface area (Å²) >= 11 is 5.91. The van der Waals surface area contributed by atoms with E-state index in [4.69, 9.17) is 16.3 Å². The molecule has 0 saturated carbocycles. The molecule has 0 heterocycles. The van der Waals surface area contributed by atoms with E-state index < -0.39 is 18.0 Å². The Labute approximate surface area is 168 Å². The van der Waals surface area contributed by atoms with E-state index >= 15 is 0 Å². The molecule has 5 nitrogen and oxygen atoms in total. The molecule has 0 aromatic heterocycles. The van der Waals surface area contributed by atoms with Crippen molar-refractivity contribution in [2.45, 2.75) is 13.0 Å². The summed E-state index contributed by atoms with van der Waals surface area (Å²) < 4.78 is 5.36. The van der Waals surface area contributed by atoms with Gasteiger partial charge in [-0.2, -0.15) is 0 Å². The van der Waals surface area contributed by atoms with E-state index in [0.29, 0.717) is 22.0 Å². The Morgan fingerprint density at radius 3 is 2.32 bits per heavy atom. The minimum Gasteiger partial charge on any atom is -0.449 e. The van der Waals surface area contributed by atoms with Crippen molar-refractivity contribution in [2.24, 2.45) is 0 Å². The molecular weight excluding hydrogens is 376 g/mol. The van der Waals surface area contributed by atoms with E-state index in [0.717, 1.165) is 5.69 Å². The average Bonchev–Trinajstić information content (AvgIpc) is 2.69. The third-order valence-electron chi connectivity index (χ3n) is 3.94. The van der Waals surface area contributed by atoms with E-state index in [1.54, 1.807) is 42.5 Å². The van der Waals surface area contributed by atoms with Crippen LogP contribution in [0.25, 0.3) is 0 Å². The van der Waals surface area contributed by atoms with Crippen LogP contribution in [0.4, 0.5) is 17.1 Å². The maximum atomic E-state index is 12.6. The molecule has 1 amide bonds. The van der Waals surface area contributed by atoms with Crippen LogP contribution in [-0.4, -0.2) is 18.0 Å². The van der Waals surface area contributed by atoms with Crippen molar-refractivity contribution in [1.82, 2.24) is 0 Å². The first-order valence-corrected chi connectivity index (χ1v) is 9.09. The molecule has 0 aliphatic heterocycles. The summed E-state index contributed by atoms with van der Waals surface area (Å²) in [6.07, 6.45) is -0.976. The first kappa shape index (κ1) is 19.5. The van der Waals surface area contributed by atoms with E-state index in [-0.39, 0.29) is 0 Å². The molecule has 0 saturated heterocycles. The Kier molecular flexibility index (Phi) is 6.29.